The minimum atomic E-state index is -3.48. The first-order valence-electron chi connectivity index (χ1n) is 6.92. The lowest BCUT2D eigenvalue weighted by Crippen LogP contribution is -2.22. The van der Waals surface area contributed by atoms with E-state index in [1.165, 1.54) is 35.7 Å². The molecule has 1 aromatic carbocycles. The van der Waals surface area contributed by atoms with Crippen molar-refractivity contribution in [3.63, 3.8) is 0 Å². The highest BCUT2D eigenvalue weighted by Gasteiger charge is 2.19. The van der Waals surface area contributed by atoms with Crippen molar-refractivity contribution in [1.29, 1.82) is 0 Å². The number of fused-ring (bicyclic) bond motifs is 1. The third-order valence-corrected chi connectivity index (χ3v) is 6.15. The Morgan fingerprint density at radius 2 is 1.83 bits per heavy atom. The predicted molar refractivity (Wildman–Crippen MR) is 89.9 cm³/mol. The van der Waals surface area contributed by atoms with Gasteiger partial charge in [-0.2, -0.15) is 0 Å². The zero-order valence-corrected chi connectivity index (χ0v) is 14.4. The molecule has 0 saturated heterocycles. The van der Waals surface area contributed by atoms with Gasteiger partial charge >= 0.3 is 0 Å². The van der Waals surface area contributed by atoms with Gasteiger partial charge in [0.2, 0.25) is 10.0 Å². The maximum Gasteiger partial charge on any atom is 0.244 e. The molecule has 120 valence electrons. The molecular weight excluding hydrogens is 332 g/mol. The fourth-order valence-electron chi connectivity index (χ4n) is 2.03. The maximum atomic E-state index is 12.3. The molecule has 0 saturated carbocycles. The molecule has 0 aliphatic carbocycles. The highest BCUT2D eigenvalue weighted by Crippen LogP contribution is 2.23. The smallest absolute Gasteiger partial charge is 0.244 e. The Kier molecular flexibility index (Phi) is 4.38. The van der Waals surface area contributed by atoms with Crippen LogP contribution < -0.4 is 0 Å². The van der Waals surface area contributed by atoms with Gasteiger partial charge in [-0.05, 0) is 17.7 Å². The summed E-state index contributed by atoms with van der Waals surface area (Å²) in [5.41, 5.74) is 1.80. The van der Waals surface area contributed by atoms with Crippen molar-refractivity contribution in [1.82, 2.24) is 18.9 Å². The first kappa shape index (κ1) is 16.0. The van der Waals surface area contributed by atoms with Crippen molar-refractivity contribution in [2.75, 3.05) is 14.1 Å². The lowest BCUT2D eigenvalue weighted by molar-refractivity contribution is 0.520. The zero-order chi connectivity index (χ0) is 16.4. The summed E-state index contributed by atoms with van der Waals surface area (Å²) in [6.07, 6.45) is 1.57. The lowest BCUT2D eigenvalue weighted by atomic mass is 10.2. The molecule has 3 aromatic rings. The maximum absolute atomic E-state index is 12.3. The van der Waals surface area contributed by atoms with Crippen LogP contribution >= 0.6 is 11.8 Å². The van der Waals surface area contributed by atoms with Crippen LogP contribution in [0.15, 0.2) is 58.7 Å². The highest BCUT2D eigenvalue weighted by atomic mass is 32.2. The van der Waals surface area contributed by atoms with Crippen molar-refractivity contribution in [2.45, 2.75) is 15.8 Å². The predicted octanol–water partition coefficient (Wildman–Crippen LogP) is 2.27. The number of sulfonamides is 1. The Balaban J connectivity index is 1.93. The molecule has 0 amide bonds. The summed E-state index contributed by atoms with van der Waals surface area (Å²) in [5, 5.41) is 8.89. The first-order chi connectivity index (χ1) is 11.0. The molecule has 2 aromatic heterocycles. The monoisotopic (exact) mass is 348 g/mol. The van der Waals surface area contributed by atoms with Crippen LogP contribution in [0.5, 0.6) is 0 Å². The SMILES string of the molecule is CN(C)S(=O)(=O)c1ccc2nnc(SCc3ccccc3)n2c1. The summed E-state index contributed by atoms with van der Waals surface area (Å²) in [5.74, 6) is 0.742. The van der Waals surface area contributed by atoms with Gasteiger partial charge in [0.25, 0.3) is 0 Å². The summed E-state index contributed by atoms with van der Waals surface area (Å²) in [6.45, 7) is 0. The van der Waals surface area contributed by atoms with Gasteiger partial charge in [-0.25, -0.2) is 12.7 Å². The fraction of sp³-hybridized carbons (Fsp3) is 0.200. The molecule has 8 heteroatoms. The minimum Gasteiger partial charge on any atom is -0.276 e. The fourth-order valence-corrected chi connectivity index (χ4v) is 3.81. The Morgan fingerprint density at radius 3 is 2.52 bits per heavy atom. The molecule has 6 nitrogen and oxygen atoms in total. The molecule has 0 aliphatic rings. The van der Waals surface area contributed by atoms with Gasteiger partial charge in [0.05, 0.1) is 4.90 Å². The van der Waals surface area contributed by atoms with E-state index in [1.54, 1.807) is 22.7 Å². The number of hydrogen-bond donors (Lipinski definition) is 0. The van der Waals surface area contributed by atoms with Crippen LogP contribution in [-0.2, 0) is 15.8 Å². The summed E-state index contributed by atoms with van der Waals surface area (Å²) in [6, 6.07) is 13.2. The number of thioether (sulfide) groups is 1. The van der Waals surface area contributed by atoms with Crippen molar-refractivity contribution in [3.8, 4) is 0 Å². The minimum absolute atomic E-state index is 0.219. The number of benzene rings is 1. The zero-order valence-electron chi connectivity index (χ0n) is 12.7. The van der Waals surface area contributed by atoms with Gasteiger partial charge in [0.1, 0.15) is 0 Å². The van der Waals surface area contributed by atoms with E-state index in [1.807, 2.05) is 30.3 Å². The summed E-state index contributed by atoms with van der Waals surface area (Å²) < 4.78 is 27.4. The molecule has 0 N–H and O–H groups in total. The second-order valence-electron chi connectivity index (χ2n) is 5.14. The normalized spacial score (nSPS) is 12.1. The van der Waals surface area contributed by atoms with E-state index in [0.29, 0.717) is 10.8 Å². The molecule has 3 rings (SSSR count). The van der Waals surface area contributed by atoms with Crippen LogP contribution in [0.1, 0.15) is 5.56 Å². The average Bonchev–Trinajstić information content (AvgIpc) is 2.96. The summed E-state index contributed by atoms with van der Waals surface area (Å²) >= 11 is 1.52. The van der Waals surface area contributed by atoms with E-state index >= 15 is 0 Å². The molecule has 0 radical (unpaired) electrons. The molecule has 0 fully saturated rings. The molecule has 0 bridgehead atoms. The van der Waals surface area contributed by atoms with Gasteiger partial charge in [-0.1, -0.05) is 42.1 Å². The third-order valence-electron chi connectivity index (χ3n) is 3.33. The van der Waals surface area contributed by atoms with E-state index in [4.69, 9.17) is 0 Å². The Hall–Kier alpha value is -1.90. The molecule has 0 unspecified atom stereocenters. The second-order valence-corrected chi connectivity index (χ2v) is 8.23. The number of rotatable bonds is 5. The van der Waals surface area contributed by atoms with Gasteiger partial charge in [-0.15, -0.1) is 10.2 Å². The molecule has 2 heterocycles. The van der Waals surface area contributed by atoms with Gasteiger partial charge in [-0.3, -0.25) is 4.40 Å². The number of nitrogens with zero attached hydrogens (tertiary/aromatic N) is 4. The van der Waals surface area contributed by atoms with Gasteiger partial charge in [0.15, 0.2) is 10.8 Å². The van der Waals surface area contributed by atoms with E-state index in [-0.39, 0.29) is 4.90 Å². The van der Waals surface area contributed by atoms with Gasteiger partial charge < -0.3 is 0 Å². The van der Waals surface area contributed by atoms with E-state index in [0.717, 1.165) is 5.75 Å². The largest absolute Gasteiger partial charge is 0.276 e. The van der Waals surface area contributed by atoms with Crippen LogP contribution in [0.2, 0.25) is 0 Å². The van der Waals surface area contributed by atoms with E-state index < -0.39 is 10.0 Å². The van der Waals surface area contributed by atoms with Crippen molar-refractivity contribution < 1.29 is 8.42 Å². The molecule has 0 spiro atoms. The van der Waals surface area contributed by atoms with Crippen molar-refractivity contribution in [2.24, 2.45) is 0 Å². The van der Waals surface area contributed by atoms with E-state index in [9.17, 15) is 8.42 Å². The second kappa shape index (κ2) is 6.31. The molecule has 0 atom stereocenters. The molecule has 0 aliphatic heterocycles. The standard InChI is InChI=1S/C15H16N4O2S2/c1-18(2)23(20,21)13-8-9-14-16-17-15(19(14)10-13)22-11-12-6-4-3-5-7-12/h3-10H,11H2,1-2H3. The van der Waals surface area contributed by atoms with Crippen molar-refractivity contribution >= 4 is 27.4 Å². The average molecular weight is 348 g/mol. The third kappa shape index (κ3) is 3.24. The molecule has 23 heavy (non-hydrogen) atoms. The Labute approximate surface area is 139 Å². The van der Waals surface area contributed by atoms with Crippen LogP contribution in [0.4, 0.5) is 0 Å². The van der Waals surface area contributed by atoms with Gasteiger partial charge in [0, 0.05) is 26.0 Å². The Bertz CT molecular complexity index is 921. The van der Waals surface area contributed by atoms with Crippen LogP contribution in [0.3, 0.4) is 0 Å². The number of hydrogen-bond acceptors (Lipinski definition) is 5. The highest BCUT2D eigenvalue weighted by molar-refractivity contribution is 7.98. The quantitative estimate of drug-likeness (QED) is 0.662. The molecular formula is C15H16N4O2S2. The van der Waals surface area contributed by atoms with Crippen LogP contribution in [0.25, 0.3) is 5.65 Å². The number of pyridine rings is 1. The van der Waals surface area contributed by atoms with Crippen LogP contribution in [0, 0.1) is 0 Å². The topological polar surface area (TPSA) is 67.6 Å². The summed E-state index contributed by atoms with van der Waals surface area (Å²) in [4.78, 5) is 0.219. The van der Waals surface area contributed by atoms with Crippen LogP contribution in [-0.4, -0.2) is 41.4 Å². The Morgan fingerprint density at radius 1 is 1.09 bits per heavy atom. The number of aromatic nitrogens is 3. The van der Waals surface area contributed by atoms with E-state index in [2.05, 4.69) is 10.2 Å². The van der Waals surface area contributed by atoms with Crippen molar-refractivity contribution in [3.05, 3.63) is 54.2 Å². The first-order valence-corrected chi connectivity index (χ1v) is 9.35. The lowest BCUT2D eigenvalue weighted by Gasteiger charge is -2.11. The summed E-state index contributed by atoms with van der Waals surface area (Å²) in [7, 11) is -0.461.